The van der Waals surface area contributed by atoms with Crippen LogP contribution in [0.1, 0.15) is 50.8 Å². The van der Waals surface area contributed by atoms with Gasteiger partial charge in [0.1, 0.15) is 30.3 Å². The number of hydrogen-bond acceptors (Lipinski definition) is 7. The second kappa shape index (κ2) is 8.93. The molecule has 0 bridgehead atoms. The van der Waals surface area contributed by atoms with Gasteiger partial charge in [0.05, 0.1) is 22.8 Å². The molecule has 0 radical (unpaired) electrons. The summed E-state index contributed by atoms with van der Waals surface area (Å²) < 4.78 is 5.78. The summed E-state index contributed by atoms with van der Waals surface area (Å²) in [5.74, 6) is -0.492. The number of nitrogens with zero attached hydrogens (tertiary/aromatic N) is 3. The molecule has 3 aromatic rings. The highest BCUT2D eigenvalue weighted by Gasteiger charge is 2.29. The van der Waals surface area contributed by atoms with Crippen molar-refractivity contribution in [2.24, 2.45) is 0 Å². The molecule has 7 heteroatoms. The van der Waals surface area contributed by atoms with Crippen LogP contribution < -0.4 is 15.6 Å². The predicted molar refractivity (Wildman–Crippen MR) is 126 cm³/mol. The van der Waals surface area contributed by atoms with Crippen molar-refractivity contribution in [2.45, 2.75) is 20.5 Å². The van der Waals surface area contributed by atoms with Gasteiger partial charge in [-0.3, -0.25) is 0 Å². The normalized spacial score (nSPS) is 13.4. The molecule has 1 aromatic heterocycles. The van der Waals surface area contributed by atoms with Crippen molar-refractivity contribution >= 4 is 29.0 Å². The highest BCUT2D eigenvalue weighted by molar-refractivity contribution is 6.08. The number of carboxylic acids is 1. The van der Waals surface area contributed by atoms with E-state index in [9.17, 15) is 20.4 Å². The zero-order valence-electron chi connectivity index (χ0n) is 18.5. The third kappa shape index (κ3) is 3.99. The van der Waals surface area contributed by atoms with Gasteiger partial charge in [0.25, 0.3) is 0 Å². The first-order valence-corrected chi connectivity index (χ1v) is 10.4. The van der Waals surface area contributed by atoms with E-state index < -0.39 is 5.97 Å². The van der Waals surface area contributed by atoms with Gasteiger partial charge < -0.3 is 20.4 Å². The van der Waals surface area contributed by atoms with Crippen molar-refractivity contribution in [3.8, 4) is 17.9 Å². The number of benzene rings is 2. The topological polar surface area (TPSA) is 136 Å². The van der Waals surface area contributed by atoms with E-state index >= 15 is 0 Å². The Morgan fingerprint density at radius 1 is 1.15 bits per heavy atom. The van der Waals surface area contributed by atoms with Gasteiger partial charge in [-0.2, -0.15) is 10.5 Å². The quantitative estimate of drug-likeness (QED) is 0.630. The molecule has 0 aliphatic heterocycles. The molecule has 0 saturated heterocycles. The number of anilines is 1. The number of carbonyl (C=O) groups is 1. The largest absolute Gasteiger partial charge is 0.545 e. The summed E-state index contributed by atoms with van der Waals surface area (Å²) >= 11 is 0. The lowest BCUT2D eigenvalue weighted by atomic mass is 9.95. The summed E-state index contributed by atoms with van der Waals surface area (Å²) in [7, 11) is 0. The number of ether oxygens (including phenoxy) is 1. The number of nitriles is 2. The highest BCUT2D eigenvalue weighted by atomic mass is 16.5. The molecule has 0 spiro atoms. The van der Waals surface area contributed by atoms with Gasteiger partial charge >= 0.3 is 0 Å². The molecule has 0 fully saturated rings. The summed E-state index contributed by atoms with van der Waals surface area (Å²) in [5, 5.41) is 30.2. The Bertz CT molecular complexity index is 1470. The molecule has 1 aliphatic rings. The van der Waals surface area contributed by atoms with E-state index in [0.29, 0.717) is 28.1 Å². The Hall–Kier alpha value is -4.88. The fourth-order valence-corrected chi connectivity index (χ4v) is 3.98. The van der Waals surface area contributed by atoms with Gasteiger partial charge in [0.2, 0.25) is 0 Å². The number of allylic oxidation sites excluding steroid dienone is 3. The summed E-state index contributed by atoms with van der Waals surface area (Å²) in [6, 6.07) is 18.1. The molecule has 1 aliphatic carbocycles. The molecular formula is C27H19N4O3-. The molecule has 0 amide bonds. The average Bonchev–Trinajstić information content (AvgIpc) is 3.09. The molecule has 2 aromatic carbocycles. The number of fused-ring (bicyclic) bond motifs is 1. The van der Waals surface area contributed by atoms with Crippen LogP contribution in [-0.4, -0.2) is 11.0 Å². The van der Waals surface area contributed by atoms with Crippen LogP contribution in [0.5, 0.6) is 5.75 Å². The second-order valence-electron chi connectivity index (χ2n) is 7.85. The smallest absolute Gasteiger partial charge is 0.142 e. The lowest BCUT2D eigenvalue weighted by Gasteiger charge is -2.11. The Morgan fingerprint density at radius 3 is 2.53 bits per heavy atom. The Labute approximate surface area is 196 Å². The van der Waals surface area contributed by atoms with Crippen LogP contribution in [0.4, 0.5) is 5.82 Å². The Morgan fingerprint density at radius 2 is 1.88 bits per heavy atom. The standard InChI is InChI=1S/C27H20N4O3/c1-15-21(24-16(2)23(13-29)26(30)31-25(24)22(15)12-28)11-17-6-8-20(9-7-17)34-14-18-4-3-5-19(10-18)27(32)33/h3-11H,14H2,1-2H3,(H2,30,31)(H,32,33)/p-1/b21-11-. The number of aromatic nitrogens is 1. The summed E-state index contributed by atoms with van der Waals surface area (Å²) in [4.78, 5) is 15.4. The van der Waals surface area contributed by atoms with E-state index in [4.69, 9.17) is 10.5 Å². The van der Waals surface area contributed by atoms with Crippen LogP contribution >= 0.6 is 0 Å². The maximum Gasteiger partial charge on any atom is 0.142 e. The van der Waals surface area contributed by atoms with Crippen molar-refractivity contribution in [1.29, 1.82) is 10.5 Å². The minimum absolute atomic E-state index is 0.103. The van der Waals surface area contributed by atoms with E-state index in [-0.39, 0.29) is 18.0 Å². The summed E-state index contributed by atoms with van der Waals surface area (Å²) in [5.41, 5.74) is 11.9. The van der Waals surface area contributed by atoms with E-state index in [2.05, 4.69) is 17.1 Å². The molecular weight excluding hydrogens is 428 g/mol. The average molecular weight is 447 g/mol. The number of nitrogen functional groups attached to an aromatic ring is 1. The number of nitrogens with two attached hydrogens (primary N) is 1. The van der Waals surface area contributed by atoms with Crippen molar-refractivity contribution in [2.75, 3.05) is 5.73 Å². The number of carbonyl (C=O) groups excluding carboxylic acids is 1. The molecule has 0 atom stereocenters. The van der Waals surface area contributed by atoms with Crippen LogP contribution in [0.25, 0.3) is 17.2 Å². The molecule has 0 unspecified atom stereocenters. The number of pyridine rings is 1. The van der Waals surface area contributed by atoms with Crippen molar-refractivity contribution in [3.05, 3.63) is 93.2 Å². The van der Waals surface area contributed by atoms with Crippen molar-refractivity contribution in [3.63, 3.8) is 0 Å². The van der Waals surface area contributed by atoms with E-state index in [1.54, 1.807) is 12.1 Å². The monoisotopic (exact) mass is 447 g/mol. The third-order valence-corrected chi connectivity index (χ3v) is 5.74. The Balaban J connectivity index is 1.62. The van der Waals surface area contributed by atoms with Gasteiger partial charge in [-0.1, -0.05) is 30.3 Å². The van der Waals surface area contributed by atoms with Crippen LogP contribution in [0.3, 0.4) is 0 Å². The van der Waals surface area contributed by atoms with Gasteiger partial charge in [-0.25, -0.2) is 4.98 Å². The Kier molecular flexibility index (Phi) is 5.86. The second-order valence-corrected chi connectivity index (χ2v) is 7.85. The fraction of sp³-hybridized carbons (Fsp3) is 0.111. The molecule has 34 heavy (non-hydrogen) atoms. The summed E-state index contributed by atoms with van der Waals surface area (Å²) in [6.07, 6.45) is 1.94. The van der Waals surface area contributed by atoms with Crippen LogP contribution in [0.15, 0.2) is 54.1 Å². The van der Waals surface area contributed by atoms with E-state index in [0.717, 1.165) is 27.8 Å². The van der Waals surface area contributed by atoms with E-state index in [1.807, 2.05) is 44.2 Å². The SMILES string of the molecule is CC1=C(C#N)c2nc(N)c(C#N)c(C)c2/C1=C\c1ccc(OCc2cccc(C(=O)[O-])c2)cc1. The van der Waals surface area contributed by atoms with Crippen molar-refractivity contribution < 1.29 is 14.6 Å². The first-order valence-electron chi connectivity index (χ1n) is 10.4. The van der Waals surface area contributed by atoms with Crippen LogP contribution in [0.2, 0.25) is 0 Å². The third-order valence-electron chi connectivity index (χ3n) is 5.74. The highest BCUT2D eigenvalue weighted by Crippen LogP contribution is 2.44. The number of rotatable bonds is 5. The zero-order valence-corrected chi connectivity index (χ0v) is 18.5. The molecule has 0 saturated carbocycles. The maximum atomic E-state index is 11.0. The molecule has 1 heterocycles. The zero-order chi connectivity index (χ0) is 24.4. The van der Waals surface area contributed by atoms with Gasteiger partial charge in [0, 0.05) is 5.56 Å². The van der Waals surface area contributed by atoms with Gasteiger partial charge in [-0.15, -0.1) is 0 Å². The minimum Gasteiger partial charge on any atom is -0.545 e. The fourth-order valence-electron chi connectivity index (χ4n) is 3.98. The lowest BCUT2D eigenvalue weighted by molar-refractivity contribution is -0.255. The minimum atomic E-state index is -1.23. The molecule has 7 nitrogen and oxygen atoms in total. The van der Waals surface area contributed by atoms with Gasteiger partial charge in [0.15, 0.2) is 0 Å². The number of aromatic carboxylic acids is 1. The number of hydrogen-bond donors (Lipinski definition) is 1. The van der Waals surface area contributed by atoms with Crippen LogP contribution in [0, 0.1) is 29.6 Å². The maximum absolute atomic E-state index is 11.0. The first kappa shape index (κ1) is 22.3. The molecule has 166 valence electrons. The van der Waals surface area contributed by atoms with Gasteiger partial charge in [-0.05, 0) is 71.5 Å². The predicted octanol–water partition coefficient (Wildman–Crippen LogP) is 3.64. The molecule has 4 rings (SSSR count). The van der Waals surface area contributed by atoms with E-state index in [1.165, 1.54) is 12.1 Å². The first-order chi connectivity index (χ1) is 16.3. The number of carboxylic acid groups (broad SMARTS) is 1. The van der Waals surface area contributed by atoms with Crippen LogP contribution in [-0.2, 0) is 6.61 Å². The van der Waals surface area contributed by atoms with Crippen molar-refractivity contribution in [1.82, 2.24) is 4.98 Å². The molecule has 2 N–H and O–H groups in total. The lowest BCUT2D eigenvalue weighted by Crippen LogP contribution is -2.22. The summed E-state index contributed by atoms with van der Waals surface area (Å²) in [6.45, 7) is 3.88.